The third kappa shape index (κ3) is 2.94. The van der Waals surface area contributed by atoms with Gasteiger partial charge in [0, 0.05) is 12.3 Å². The summed E-state index contributed by atoms with van der Waals surface area (Å²) in [5.41, 5.74) is 2.13. The van der Waals surface area contributed by atoms with E-state index in [0.717, 1.165) is 27.5 Å². The van der Waals surface area contributed by atoms with E-state index in [4.69, 9.17) is 4.74 Å². The lowest BCUT2D eigenvalue weighted by Crippen LogP contribution is -2.28. The predicted octanol–water partition coefficient (Wildman–Crippen LogP) is 1.89. The van der Waals surface area contributed by atoms with Crippen molar-refractivity contribution in [1.82, 2.24) is 15.3 Å². The third-order valence-corrected chi connectivity index (χ3v) is 6.99. The summed E-state index contributed by atoms with van der Waals surface area (Å²) in [6.07, 6.45) is 0.856. The van der Waals surface area contributed by atoms with Crippen LogP contribution < -0.4 is 20.9 Å². The summed E-state index contributed by atoms with van der Waals surface area (Å²) >= 11 is 3.18. The number of hydrogen-bond donors (Lipinski definition) is 3. The number of benzene rings is 1. The SMILES string of the molecule is O=C1COc2ccc(CNC(=O)c3nc4sc5c(c4c(=O)[nH]3)CCS5)cc2N1. The van der Waals surface area contributed by atoms with Crippen LogP contribution in [0, 0.1) is 0 Å². The van der Waals surface area contributed by atoms with E-state index in [1.807, 2.05) is 0 Å². The van der Waals surface area contributed by atoms with E-state index in [0.29, 0.717) is 21.7 Å². The largest absolute Gasteiger partial charge is 0.482 e. The lowest BCUT2D eigenvalue weighted by atomic mass is 10.1. The minimum atomic E-state index is -0.460. The summed E-state index contributed by atoms with van der Waals surface area (Å²) in [4.78, 5) is 43.9. The fraction of sp³-hybridized carbons (Fsp3) is 0.222. The number of hydrogen-bond acceptors (Lipinski definition) is 7. The summed E-state index contributed by atoms with van der Waals surface area (Å²) in [6.45, 7) is 0.218. The number of aromatic nitrogens is 2. The molecular weight excluding hydrogens is 400 g/mol. The van der Waals surface area contributed by atoms with E-state index >= 15 is 0 Å². The number of aromatic amines is 1. The van der Waals surface area contributed by atoms with Gasteiger partial charge in [0.25, 0.3) is 17.4 Å². The van der Waals surface area contributed by atoms with Gasteiger partial charge in [-0.15, -0.1) is 23.1 Å². The minimum absolute atomic E-state index is 0.00276. The number of thioether (sulfide) groups is 1. The molecular formula is C18H14N4O4S2. The molecule has 2 aromatic heterocycles. The number of carbonyl (C=O) groups is 2. The second-order valence-electron chi connectivity index (χ2n) is 6.41. The number of fused-ring (bicyclic) bond motifs is 4. The molecule has 2 aliphatic heterocycles. The summed E-state index contributed by atoms with van der Waals surface area (Å²) < 4.78 is 6.43. The Labute approximate surface area is 166 Å². The third-order valence-electron chi connectivity index (χ3n) is 4.55. The molecule has 8 nitrogen and oxygen atoms in total. The second kappa shape index (κ2) is 6.64. The number of rotatable bonds is 3. The number of H-pyrrole nitrogens is 1. The van der Waals surface area contributed by atoms with Gasteiger partial charge in [-0.3, -0.25) is 14.4 Å². The van der Waals surface area contributed by atoms with Crippen LogP contribution in [0.15, 0.2) is 27.2 Å². The standard InChI is InChI=1S/C18H14N4O4S2/c23-12-7-26-11-2-1-8(5-10(11)20-12)6-19-16(25)14-21-15(24)13-9-3-4-27-18(9)28-17(13)22-14/h1-2,5H,3-4,6-7H2,(H,19,25)(H,20,23)(H,21,22,24). The Morgan fingerprint density at radius 1 is 1.32 bits per heavy atom. The Morgan fingerprint density at radius 3 is 3.11 bits per heavy atom. The first-order valence-electron chi connectivity index (χ1n) is 8.61. The van der Waals surface area contributed by atoms with Crippen molar-refractivity contribution in [3.8, 4) is 5.75 Å². The summed E-state index contributed by atoms with van der Waals surface area (Å²) in [5.74, 6) is 0.889. The smallest absolute Gasteiger partial charge is 0.287 e. The molecule has 2 amide bonds. The predicted molar refractivity (Wildman–Crippen MR) is 106 cm³/mol. The van der Waals surface area contributed by atoms with Crippen molar-refractivity contribution in [1.29, 1.82) is 0 Å². The maximum Gasteiger partial charge on any atom is 0.287 e. The van der Waals surface area contributed by atoms with Gasteiger partial charge in [0.1, 0.15) is 10.6 Å². The number of carbonyl (C=O) groups excluding carboxylic acids is 2. The van der Waals surface area contributed by atoms with Crippen molar-refractivity contribution < 1.29 is 14.3 Å². The molecule has 0 spiro atoms. The lowest BCUT2D eigenvalue weighted by molar-refractivity contribution is -0.118. The zero-order valence-electron chi connectivity index (χ0n) is 14.5. The second-order valence-corrected chi connectivity index (χ2v) is 8.77. The average Bonchev–Trinajstić information content (AvgIpc) is 3.26. The zero-order chi connectivity index (χ0) is 19.3. The van der Waals surface area contributed by atoms with Crippen molar-refractivity contribution in [2.45, 2.75) is 17.2 Å². The van der Waals surface area contributed by atoms with Crippen LogP contribution in [0.4, 0.5) is 5.69 Å². The highest BCUT2D eigenvalue weighted by molar-refractivity contribution is 8.01. The molecule has 142 valence electrons. The highest BCUT2D eigenvalue weighted by Crippen LogP contribution is 2.41. The van der Waals surface area contributed by atoms with Crippen LogP contribution in [-0.2, 0) is 17.8 Å². The molecule has 0 atom stereocenters. The maximum absolute atomic E-state index is 12.5. The first-order valence-corrected chi connectivity index (χ1v) is 10.4. The van der Waals surface area contributed by atoms with Crippen molar-refractivity contribution in [2.75, 3.05) is 17.7 Å². The van der Waals surface area contributed by atoms with Gasteiger partial charge in [-0.2, -0.15) is 0 Å². The molecule has 10 heteroatoms. The quantitative estimate of drug-likeness (QED) is 0.603. The molecule has 0 radical (unpaired) electrons. The highest BCUT2D eigenvalue weighted by atomic mass is 32.2. The molecule has 0 saturated heterocycles. The van der Waals surface area contributed by atoms with E-state index in [2.05, 4.69) is 20.6 Å². The molecule has 0 bridgehead atoms. The fourth-order valence-electron chi connectivity index (χ4n) is 3.25. The van der Waals surface area contributed by atoms with Gasteiger partial charge in [0.15, 0.2) is 6.61 Å². The Bertz CT molecular complexity index is 1200. The Balaban J connectivity index is 1.35. The van der Waals surface area contributed by atoms with Gasteiger partial charge in [0.05, 0.1) is 15.3 Å². The molecule has 28 heavy (non-hydrogen) atoms. The molecule has 5 rings (SSSR count). The molecule has 0 unspecified atom stereocenters. The number of amides is 2. The van der Waals surface area contributed by atoms with Crippen molar-refractivity contribution in [3.63, 3.8) is 0 Å². The normalized spacial score (nSPS) is 14.9. The van der Waals surface area contributed by atoms with Crippen molar-refractivity contribution >= 4 is 50.8 Å². The number of ether oxygens (including phenoxy) is 1. The highest BCUT2D eigenvalue weighted by Gasteiger charge is 2.23. The van der Waals surface area contributed by atoms with Gasteiger partial charge in [-0.1, -0.05) is 6.07 Å². The molecule has 4 heterocycles. The number of nitrogens with one attached hydrogen (secondary N) is 3. The van der Waals surface area contributed by atoms with Gasteiger partial charge in [0.2, 0.25) is 5.82 Å². The van der Waals surface area contributed by atoms with E-state index in [9.17, 15) is 14.4 Å². The van der Waals surface area contributed by atoms with Crippen LogP contribution in [0.1, 0.15) is 21.7 Å². The first-order chi connectivity index (χ1) is 13.6. The average molecular weight is 414 g/mol. The van der Waals surface area contributed by atoms with Gasteiger partial charge in [-0.05, 0) is 29.7 Å². The molecule has 3 N–H and O–H groups in total. The summed E-state index contributed by atoms with van der Waals surface area (Å²) in [6, 6.07) is 5.29. The van der Waals surface area contributed by atoms with Crippen LogP contribution in [-0.4, -0.2) is 34.1 Å². The van der Waals surface area contributed by atoms with Gasteiger partial charge < -0.3 is 20.4 Å². The fourth-order valence-corrected chi connectivity index (χ4v) is 5.80. The number of aryl methyl sites for hydroxylation is 1. The van der Waals surface area contributed by atoms with E-state index in [-0.39, 0.29) is 30.4 Å². The minimum Gasteiger partial charge on any atom is -0.482 e. The molecule has 0 aliphatic carbocycles. The molecule has 2 aliphatic rings. The summed E-state index contributed by atoms with van der Waals surface area (Å²) in [7, 11) is 0. The van der Waals surface area contributed by atoms with E-state index in [1.165, 1.54) is 11.3 Å². The molecule has 1 aromatic carbocycles. The van der Waals surface area contributed by atoms with Crippen LogP contribution in [0.25, 0.3) is 10.2 Å². The Hall–Kier alpha value is -2.85. The van der Waals surface area contributed by atoms with Gasteiger partial charge >= 0.3 is 0 Å². The van der Waals surface area contributed by atoms with Crippen LogP contribution >= 0.6 is 23.1 Å². The van der Waals surface area contributed by atoms with Crippen LogP contribution in [0.5, 0.6) is 5.75 Å². The zero-order valence-corrected chi connectivity index (χ0v) is 16.1. The summed E-state index contributed by atoms with van der Waals surface area (Å²) in [5, 5.41) is 6.08. The van der Waals surface area contributed by atoms with Gasteiger partial charge in [-0.25, -0.2) is 4.98 Å². The maximum atomic E-state index is 12.5. The Morgan fingerprint density at radius 2 is 2.21 bits per heavy atom. The number of anilines is 1. The molecule has 0 saturated carbocycles. The van der Waals surface area contributed by atoms with E-state index < -0.39 is 5.91 Å². The van der Waals surface area contributed by atoms with E-state index in [1.54, 1.807) is 30.0 Å². The van der Waals surface area contributed by atoms with Crippen molar-refractivity contribution in [2.24, 2.45) is 0 Å². The topological polar surface area (TPSA) is 113 Å². The molecule has 3 aromatic rings. The number of thiophene rings is 1. The number of nitrogens with zero attached hydrogens (tertiary/aromatic N) is 1. The monoisotopic (exact) mass is 414 g/mol. The van der Waals surface area contributed by atoms with Crippen LogP contribution in [0.2, 0.25) is 0 Å². The van der Waals surface area contributed by atoms with Crippen molar-refractivity contribution in [3.05, 3.63) is 45.5 Å². The van der Waals surface area contributed by atoms with Crippen LogP contribution in [0.3, 0.4) is 0 Å². The Kier molecular flexibility index (Phi) is 4.09. The first kappa shape index (κ1) is 17.3. The molecule has 0 fully saturated rings. The lowest BCUT2D eigenvalue weighted by Gasteiger charge is -2.18.